The lowest BCUT2D eigenvalue weighted by Crippen LogP contribution is -2.39. The Balaban J connectivity index is 2.38. The Labute approximate surface area is 145 Å². The summed E-state index contributed by atoms with van der Waals surface area (Å²) in [7, 11) is 0. The van der Waals surface area contributed by atoms with Gasteiger partial charge in [-0.15, -0.1) is 0 Å². The van der Waals surface area contributed by atoms with E-state index >= 15 is 0 Å². The molecule has 0 saturated carbocycles. The molecule has 0 aliphatic rings. The van der Waals surface area contributed by atoms with Crippen LogP contribution in [0.15, 0.2) is 29.3 Å². The molecule has 1 rings (SSSR count). The first-order valence-corrected chi connectivity index (χ1v) is 8.54. The average Bonchev–Trinajstić information content (AvgIpc) is 2.51. The van der Waals surface area contributed by atoms with Crippen LogP contribution in [0.5, 0.6) is 5.75 Å². The highest BCUT2D eigenvalue weighted by Gasteiger charge is 2.00. The van der Waals surface area contributed by atoms with E-state index in [1.54, 1.807) is 0 Å². The van der Waals surface area contributed by atoms with Crippen molar-refractivity contribution in [1.29, 1.82) is 0 Å². The summed E-state index contributed by atoms with van der Waals surface area (Å²) < 4.78 is 5.70. The van der Waals surface area contributed by atoms with Crippen molar-refractivity contribution in [2.45, 2.75) is 34.1 Å². The Morgan fingerprint density at radius 2 is 2.08 bits per heavy atom. The summed E-state index contributed by atoms with van der Waals surface area (Å²) in [6, 6.07) is 7.36. The topological polar surface area (TPSA) is 74.8 Å². The van der Waals surface area contributed by atoms with E-state index in [9.17, 15) is 4.79 Å². The van der Waals surface area contributed by atoms with E-state index in [1.807, 2.05) is 31.2 Å². The van der Waals surface area contributed by atoms with E-state index < -0.39 is 0 Å². The number of hydrogen-bond donors (Lipinski definition) is 3. The summed E-state index contributed by atoms with van der Waals surface area (Å²) in [5.41, 5.74) is 0.733. The molecule has 24 heavy (non-hydrogen) atoms. The first-order chi connectivity index (χ1) is 11.5. The number of anilines is 1. The Hall–Kier alpha value is -2.24. The van der Waals surface area contributed by atoms with Gasteiger partial charge < -0.3 is 20.7 Å². The van der Waals surface area contributed by atoms with Crippen LogP contribution in [-0.2, 0) is 4.79 Å². The summed E-state index contributed by atoms with van der Waals surface area (Å²) in [5.74, 6) is 2.09. The minimum Gasteiger partial charge on any atom is -0.492 e. The maximum Gasteiger partial charge on any atom is 0.221 e. The first-order valence-electron chi connectivity index (χ1n) is 8.54. The standard InChI is InChI=1S/C18H30N4O2/c1-5-19-18(20-10-9-14(2)3)21-11-12-24-17-8-6-7-16(13-17)22-15(4)23/h6-8,13-14H,5,9-12H2,1-4H3,(H,22,23)(H2,19,20,21). The van der Waals surface area contributed by atoms with Gasteiger partial charge in [0.2, 0.25) is 5.91 Å². The minimum absolute atomic E-state index is 0.0956. The lowest BCUT2D eigenvalue weighted by Gasteiger charge is -2.13. The number of hydrogen-bond acceptors (Lipinski definition) is 3. The molecule has 0 aliphatic carbocycles. The Kier molecular flexibility index (Phi) is 9.34. The Bertz CT molecular complexity index is 530. The molecular formula is C18H30N4O2. The van der Waals surface area contributed by atoms with E-state index in [2.05, 4.69) is 34.8 Å². The number of benzene rings is 1. The summed E-state index contributed by atoms with van der Waals surface area (Å²) in [5, 5.41) is 9.22. The molecule has 0 fully saturated rings. The second-order valence-corrected chi connectivity index (χ2v) is 5.93. The van der Waals surface area contributed by atoms with Crippen molar-refractivity contribution >= 4 is 17.6 Å². The predicted octanol–water partition coefficient (Wildman–Crippen LogP) is 2.62. The van der Waals surface area contributed by atoms with Gasteiger partial charge in [-0.2, -0.15) is 0 Å². The molecule has 0 atom stereocenters. The molecule has 3 N–H and O–H groups in total. The lowest BCUT2D eigenvalue weighted by atomic mass is 10.1. The fourth-order valence-electron chi connectivity index (χ4n) is 1.98. The number of amides is 1. The molecule has 1 aromatic rings. The number of rotatable bonds is 9. The SMILES string of the molecule is CCNC(=NCCC(C)C)NCCOc1cccc(NC(C)=O)c1. The molecule has 0 bridgehead atoms. The number of nitrogens with one attached hydrogen (secondary N) is 3. The monoisotopic (exact) mass is 334 g/mol. The molecule has 0 unspecified atom stereocenters. The zero-order valence-electron chi connectivity index (χ0n) is 15.2. The second-order valence-electron chi connectivity index (χ2n) is 5.93. The number of aliphatic imine (C=N–C) groups is 1. The number of carbonyl (C=O) groups excluding carboxylic acids is 1. The van der Waals surface area contributed by atoms with E-state index in [4.69, 9.17) is 4.74 Å². The fourth-order valence-corrected chi connectivity index (χ4v) is 1.98. The molecule has 0 heterocycles. The molecular weight excluding hydrogens is 304 g/mol. The minimum atomic E-state index is -0.0956. The van der Waals surface area contributed by atoms with Crippen molar-refractivity contribution in [1.82, 2.24) is 10.6 Å². The molecule has 1 aromatic carbocycles. The lowest BCUT2D eigenvalue weighted by molar-refractivity contribution is -0.114. The molecule has 0 aromatic heterocycles. The summed E-state index contributed by atoms with van der Waals surface area (Å²) in [6.07, 6.45) is 1.07. The molecule has 0 saturated heterocycles. The van der Waals surface area contributed by atoms with Crippen molar-refractivity contribution in [2.24, 2.45) is 10.9 Å². The maximum absolute atomic E-state index is 11.1. The molecule has 0 spiro atoms. The van der Waals surface area contributed by atoms with E-state index in [-0.39, 0.29) is 5.91 Å². The second kappa shape index (κ2) is 11.3. The number of ether oxygens (including phenoxy) is 1. The van der Waals surface area contributed by atoms with Gasteiger partial charge in [0.1, 0.15) is 12.4 Å². The van der Waals surface area contributed by atoms with Gasteiger partial charge in [0.25, 0.3) is 0 Å². The fraction of sp³-hybridized carbons (Fsp3) is 0.556. The zero-order chi connectivity index (χ0) is 17.8. The molecule has 0 radical (unpaired) electrons. The highest BCUT2D eigenvalue weighted by atomic mass is 16.5. The van der Waals surface area contributed by atoms with Gasteiger partial charge >= 0.3 is 0 Å². The van der Waals surface area contributed by atoms with Gasteiger partial charge in [0.15, 0.2) is 5.96 Å². The van der Waals surface area contributed by atoms with Gasteiger partial charge in [-0.3, -0.25) is 9.79 Å². The van der Waals surface area contributed by atoms with Gasteiger partial charge in [-0.1, -0.05) is 19.9 Å². The summed E-state index contributed by atoms with van der Waals surface area (Å²) in [6.45, 7) is 10.7. The van der Waals surface area contributed by atoms with Crippen LogP contribution in [0.1, 0.15) is 34.1 Å². The van der Waals surface area contributed by atoms with Gasteiger partial charge in [-0.25, -0.2) is 0 Å². The van der Waals surface area contributed by atoms with Crippen molar-refractivity contribution in [3.8, 4) is 5.75 Å². The molecule has 6 nitrogen and oxygen atoms in total. The smallest absolute Gasteiger partial charge is 0.221 e. The van der Waals surface area contributed by atoms with Crippen molar-refractivity contribution in [2.75, 3.05) is 31.6 Å². The first kappa shape index (κ1) is 19.8. The van der Waals surface area contributed by atoms with Crippen LogP contribution in [0, 0.1) is 5.92 Å². The third-order valence-corrected chi connectivity index (χ3v) is 3.14. The van der Waals surface area contributed by atoms with Crippen LogP contribution in [0.2, 0.25) is 0 Å². The normalized spacial score (nSPS) is 11.3. The van der Waals surface area contributed by atoms with E-state index in [0.29, 0.717) is 19.1 Å². The Morgan fingerprint density at radius 3 is 2.75 bits per heavy atom. The predicted molar refractivity (Wildman–Crippen MR) is 99.7 cm³/mol. The third kappa shape index (κ3) is 9.02. The number of guanidine groups is 1. The molecule has 1 amide bonds. The maximum atomic E-state index is 11.1. The number of carbonyl (C=O) groups is 1. The van der Waals surface area contributed by atoms with Gasteiger partial charge in [0, 0.05) is 31.8 Å². The van der Waals surface area contributed by atoms with Crippen LogP contribution in [0.4, 0.5) is 5.69 Å². The summed E-state index contributed by atoms with van der Waals surface area (Å²) in [4.78, 5) is 15.6. The van der Waals surface area contributed by atoms with Crippen LogP contribution in [0.3, 0.4) is 0 Å². The van der Waals surface area contributed by atoms with E-state index in [0.717, 1.165) is 36.9 Å². The van der Waals surface area contributed by atoms with Crippen LogP contribution < -0.4 is 20.7 Å². The van der Waals surface area contributed by atoms with Crippen molar-refractivity contribution in [3.05, 3.63) is 24.3 Å². The molecule has 134 valence electrons. The van der Waals surface area contributed by atoms with Crippen molar-refractivity contribution in [3.63, 3.8) is 0 Å². The van der Waals surface area contributed by atoms with Gasteiger partial charge in [-0.05, 0) is 31.4 Å². The van der Waals surface area contributed by atoms with Crippen LogP contribution >= 0.6 is 0 Å². The average molecular weight is 334 g/mol. The summed E-state index contributed by atoms with van der Waals surface area (Å²) >= 11 is 0. The van der Waals surface area contributed by atoms with Crippen LogP contribution in [0.25, 0.3) is 0 Å². The van der Waals surface area contributed by atoms with E-state index in [1.165, 1.54) is 6.92 Å². The number of nitrogens with zero attached hydrogens (tertiary/aromatic N) is 1. The quantitative estimate of drug-likeness (QED) is 0.369. The highest BCUT2D eigenvalue weighted by molar-refractivity contribution is 5.88. The highest BCUT2D eigenvalue weighted by Crippen LogP contribution is 2.16. The van der Waals surface area contributed by atoms with Crippen LogP contribution in [-0.4, -0.2) is 38.1 Å². The zero-order valence-corrected chi connectivity index (χ0v) is 15.2. The molecule has 0 aliphatic heterocycles. The molecule has 6 heteroatoms. The van der Waals surface area contributed by atoms with Gasteiger partial charge in [0.05, 0.1) is 6.54 Å². The largest absolute Gasteiger partial charge is 0.492 e. The van der Waals surface area contributed by atoms with Crippen molar-refractivity contribution < 1.29 is 9.53 Å². The third-order valence-electron chi connectivity index (χ3n) is 3.14. The Morgan fingerprint density at radius 1 is 1.29 bits per heavy atom.